The summed E-state index contributed by atoms with van der Waals surface area (Å²) in [6.07, 6.45) is 1.73. The zero-order valence-electron chi connectivity index (χ0n) is 13.9. The number of benzene rings is 2. The Bertz CT molecular complexity index is 1020. The molecule has 0 saturated carbocycles. The number of hydrogen-bond acceptors (Lipinski definition) is 4. The van der Waals surface area contributed by atoms with Gasteiger partial charge in [-0.15, -0.1) is 11.8 Å². The van der Waals surface area contributed by atoms with E-state index in [0.717, 1.165) is 11.1 Å². The van der Waals surface area contributed by atoms with Gasteiger partial charge in [-0.3, -0.25) is 4.79 Å². The first-order chi connectivity index (χ1) is 13.0. The fourth-order valence-electron chi connectivity index (χ4n) is 2.95. The number of aromatic carboxylic acids is 1. The molecular formula is C19H14ClN3O3S. The van der Waals surface area contributed by atoms with Crippen LogP contribution in [0.3, 0.4) is 0 Å². The van der Waals surface area contributed by atoms with Crippen molar-refractivity contribution in [1.82, 2.24) is 9.78 Å². The zero-order valence-corrected chi connectivity index (χ0v) is 15.5. The van der Waals surface area contributed by atoms with Gasteiger partial charge in [0, 0.05) is 10.6 Å². The molecule has 6 nitrogen and oxygen atoms in total. The molecule has 1 amide bonds. The summed E-state index contributed by atoms with van der Waals surface area (Å²) < 4.78 is 1.62. The third kappa shape index (κ3) is 3.43. The molecule has 0 radical (unpaired) electrons. The van der Waals surface area contributed by atoms with Gasteiger partial charge in [-0.25, -0.2) is 9.48 Å². The summed E-state index contributed by atoms with van der Waals surface area (Å²) in [4.78, 5) is 23.3. The number of amides is 1. The summed E-state index contributed by atoms with van der Waals surface area (Å²) in [6.45, 7) is 0. The van der Waals surface area contributed by atoms with Crippen LogP contribution in [0.25, 0.3) is 5.69 Å². The van der Waals surface area contributed by atoms with Crippen LogP contribution in [0.4, 0.5) is 5.82 Å². The molecule has 1 aromatic heterocycles. The number of carbonyl (C=O) groups excluding carboxylic acids is 1. The minimum absolute atomic E-state index is 0.0664. The highest BCUT2D eigenvalue weighted by Gasteiger charge is 2.28. The van der Waals surface area contributed by atoms with Gasteiger partial charge in [0.1, 0.15) is 5.82 Å². The monoisotopic (exact) mass is 399 g/mol. The highest BCUT2D eigenvalue weighted by atomic mass is 35.5. The number of thioether (sulfide) groups is 1. The number of carbonyl (C=O) groups is 2. The van der Waals surface area contributed by atoms with Gasteiger partial charge in [-0.05, 0) is 42.0 Å². The number of rotatable bonds is 3. The van der Waals surface area contributed by atoms with Gasteiger partial charge in [-0.1, -0.05) is 23.7 Å². The minimum atomic E-state index is -0.992. The zero-order chi connectivity index (χ0) is 19.0. The minimum Gasteiger partial charge on any atom is -0.478 e. The molecule has 0 fully saturated rings. The summed E-state index contributed by atoms with van der Waals surface area (Å²) in [5.74, 6) is -0.192. The number of halogens is 1. The Morgan fingerprint density at radius 3 is 2.56 bits per heavy atom. The van der Waals surface area contributed by atoms with E-state index in [1.807, 2.05) is 24.3 Å². The van der Waals surface area contributed by atoms with E-state index in [1.54, 1.807) is 23.0 Å². The van der Waals surface area contributed by atoms with Gasteiger partial charge in [0.2, 0.25) is 5.91 Å². The number of carboxylic acid groups (broad SMARTS) is 1. The molecule has 2 aromatic carbocycles. The molecule has 27 heavy (non-hydrogen) atoms. The maximum Gasteiger partial charge on any atom is 0.335 e. The Balaban J connectivity index is 1.78. The first-order valence-electron chi connectivity index (χ1n) is 8.11. The molecule has 1 atom stereocenters. The van der Waals surface area contributed by atoms with Gasteiger partial charge in [0.05, 0.1) is 28.5 Å². The van der Waals surface area contributed by atoms with E-state index >= 15 is 0 Å². The molecule has 0 bridgehead atoms. The lowest BCUT2D eigenvalue weighted by Gasteiger charge is -2.14. The average Bonchev–Trinajstić information content (AvgIpc) is 2.99. The third-order valence-corrected chi connectivity index (χ3v) is 5.79. The topological polar surface area (TPSA) is 84.2 Å². The van der Waals surface area contributed by atoms with Gasteiger partial charge in [0.25, 0.3) is 0 Å². The van der Waals surface area contributed by atoms with E-state index in [2.05, 4.69) is 10.4 Å². The smallest absolute Gasteiger partial charge is 0.335 e. The molecule has 4 rings (SSSR count). The lowest BCUT2D eigenvalue weighted by Crippen LogP contribution is -2.15. The second-order valence-corrected chi connectivity index (χ2v) is 7.53. The number of nitrogens with zero attached hydrogens (tertiary/aromatic N) is 2. The van der Waals surface area contributed by atoms with Crippen molar-refractivity contribution in [3.63, 3.8) is 0 Å². The van der Waals surface area contributed by atoms with Crippen LogP contribution in [0.1, 0.15) is 26.7 Å². The van der Waals surface area contributed by atoms with Crippen LogP contribution in [0.2, 0.25) is 5.02 Å². The van der Waals surface area contributed by atoms with Crippen molar-refractivity contribution >= 4 is 41.1 Å². The Labute approximate surface area is 164 Å². The lowest BCUT2D eigenvalue weighted by atomic mass is 10.1. The van der Waals surface area contributed by atoms with Crippen molar-refractivity contribution in [3.8, 4) is 5.69 Å². The van der Waals surface area contributed by atoms with Gasteiger partial charge >= 0.3 is 5.97 Å². The molecule has 2 N–H and O–H groups in total. The molecule has 3 aromatic rings. The van der Waals surface area contributed by atoms with E-state index in [1.165, 1.54) is 23.9 Å². The fourth-order valence-corrected chi connectivity index (χ4v) is 4.17. The van der Waals surface area contributed by atoms with Gasteiger partial charge in [0.15, 0.2) is 0 Å². The standard InChI is InChI=1S/C19H14ClN3O3S/c20-13-5-1-11(2-6-13)17-15-9-21-23(18(15)22-16(24)10-27-17)14-7-3-12(4-8-14)19(25)26/h1-9,17H,10H2,(H,22,24)(H,25,26). The Hall–Kier alpha value is -2.77. The average molecular weight is 400 g/mol. The molecular weight excluding hydrogens is 386 g/mol. The van der Waals surface area contributed by atoms with Crippen molar-refractivity contribution in [3.05, 3.63) is 76.4 Å². The third-order valence-electron chi connectivity index (χ3n) is 4.25. The van der Waals surface area contributed by atoms with Crippen LogP contribution in [0, 0.1) is 0 Å². The summed E-state index contributed by atoms with van der Waals surface area (Å²) in [6, 6.07) is 13.9. The van der Waals surface area contributed by atoms with Crippen LogP contribution in [0.15, 0.2) is 54.7 Å². The number of fused-ring (bicyclic) bond motifs is 1. The second kappa shape index (κ2) is 7.09. The predicted octanol–water partition coefficient (Wildman–Crippen LogP) is 4.00. The van der Waals surface area contributed by atoms with E-state index in [4.69, 9.17) is 16.7 Å². The SMILES string of the molecule is O=C1CSC(c2ccc(Cl)cc2)c2cnn(-c3ccc(C(=O)O)cc3)c2N1. The molecule has 8 heteroatoms. The van der Waals surface area contributed by atoms with Crippen molar-refractivity contribution in [1.29, 1.82) is 0 Å². The largest absolute Gasteiger partial charge is 0.478 e. The van der Waals surface area contributed by atoms with Gasteiger partial charge in [-0.2, -0.15) is 5.10 Å². The Kier molecular flexibility index (Phi) is 4.63. The van der Waals surface area contributed by atoms with Crippen LogP contribution < -0.4 is 5.32 Å². The maximum atomic E-state index is 12.2. The normalized spacial score (nSPS) is 16.3. The number of nitrogens with one attached hydrogen (secondary N) is 1. The summed E-state index contributed by atoms with van der Waals surface area (Å²) >= 11 is 7.52. The number of anilines is 1. The van der Waals surface area contributed by atoms with E-state index in [-0.39, 0.29) is 16.7 Å². The highest BCUT2D eigenvalue weighted by Crippen LogP contribution is 2.42. The van der Waals surface area contributed by atoms with Crippen molar-refractivity contribution in [2.45, 2.75) is 5.25 Å². The number of hydrogen-bond donors (Lipinski definition) is 2. The van der Waals surface area contributed by atoms with Crippen molar-refractivity contribution in [2.24, 2.45) is 0 Å². The van der Waals surface area contributed by atoms with E-state index < -0.39 is 5.97 Å². The van der Waals surface area contributed by atoms with E-state index in [0.29, 0.717) is 22.3 Å². The van der Waals surface area contributed by atoms with Crippen LogP contribution in [-0.4, -0.2) is 32.5 Å². The lowest BCUT2D eigenvalue weighted by molar-refractivity contribution is -0.113. The molecule has 136 valence electrons. The summed E-state index contributed by atoms with van der Waals surface area (Å²) in [5.41, 5.74) is 2.78. The molecule has 0 saturated heterocycles. The quantitative estimate of drug-likeness (QED) is 0.695. The number of carboxylic acids is 1. The number of aromatic nitrogens is 2. The van der Waals surface area contributed by atoms with E-state index in [9.17, 15) is 9.59 Å². The fraction of sp³-hybridized carbons (Fsp3) is 0.105. The Morgan fingerprint density at radius 2 is 1.89 bits per heavy atom. The molecule has 0 spiro atoms. The van der Waals surface area contributed by atoms with Crippen LogP contribution in [0.5, 0.6) is 0 Å². The molecule has 1 unspecified atom stereocenters. The molecule has 0 aliphatic carbocycles. The van der Waals surface area contributed by atoms with Gasteiger partial charge < -0.3 is 10.4 Å². The molecule has 2 heterocycles. The molecule has 1 aliphatic rings. The highest BCUT2D eigenvalue weighted by molar-refractivity contribution is 8.00. The Morgan fingerprint density at radius 1 is 1.19 bits per heavy atom. The first kappa shape index (κ1) is 17.6. The second-order valence-electron chi connectivity index (χ2n) is 6.00. The van der Waals surface area contributed by atoms with Crippen LogP contribution in [-0.2, 0) is 4.79 Å². The maximum absolute atomic E-state index is 12.2. The summed E-state index contributed by atoms with van der Waals surface area (Å²) in [5, 5.41) is 17.0. The van der Waals surface area contributed by atoms with Crippen molar-refractivity contribution < 1.29 is 14.7 Å². The molecule has 1 aliphatic heterocycles. The van der Waals surface area contributed by atoms with Crippen molar-refractivity contribution in [2.75, 3.05) is 11.1 Å². The van der Waals surface area contributed by atoms with Crippen LogP contribution >= 0.6 is 23.4 Å². The first-order valence-corrected chi connectivity index (χ1v) is 9.54. The predicted molar refractivity (Wildman–Crippen MR) is 105 cm³/mol. The summed E-state index contributed by atoms with van der Waals surface area (Å²) in [7, 11) is 0.